The molecule has 0 atom stereocenters. The van der Waals surface area contributed by atoms with Crippen molar-refractivity contribution in [2.75, 3.05) is 0 Å². The molecule has 2 aromatic rings. The Morgan fingerprint density at radius 1 is 1.29 bits per heavy atom. The first-order chi connectivity index (χ1) is 11.3. The van der Waals surface area contributed by atoms with Gasteiger partial charge in [-0.3, -0.25) is 14.9 Å². The minimum absolute atomic E-state index is 0.0538. The van der Waals surface area contributed by atoms with Crippen LogP contribution in [0.25, 0.3) is 0 Å². The van der Waals surface area contributed by atoms with Crippen LogP contribution < -0.4 is 0 Å². The minimum Gasteiger partial charge on any atom is -0.478 e. The van der Waals surface area contributed by atoms with Gasteiger partial charge in [0.25, 0.3) is 11.6 Å². The number of carboxylic acid groups (broad SMARTS) is 1. The number of nitro benzene ring substituents is 1. The first-order valence-corrected chi connectivity index (χ1v) is 7.15. The molecule has 1 amide bonds. The number of rotatable bonds is 6. The van der Waals surface area contributed by atoms with Crippen molar-refractivity contribution in [3.8, 4) is 0 Å². The highest BCUT2D eigenvalue weighted by Gasteiger charge is 2.24. The van der Waals surface area contributed by atoms with Crippen LogP contribution in [0.5, 0.6) is 0 Å². The van der Waals surface area contributed by atoms with Crippen LogP contribution in [0, 0.1) is 10.1 Å². The van der Waals surface area contributed by atoms with E-state index in [9.17, 15) is 19.7 Å². The molecule has 1 aromatic heterocycles. The number of carbonyl (C=O) groups is 2. The molecule has 0 unspecified atom stereocenters. The molecule has 1 aromatic carbocycles. The average Bonchev–Trinajstić information content (AvgIpc) is 3.04. The Morgan fingerprint density at radius 2 is 1.96 bits per heavy atom. The molecular formula is C16H16N2O6. The number of non-ortho nitro benzene ring substituents is 1. The monoisotopic (exact) mass is 332 g/mol. The van der Waals surface area contributed by atoms with Gasteiger partial charge < -0.3 is 14.4 Å². The van der Waals surface area contributed by atoms with Crippen LogP contribution in [0.1, 0.15) is 40.3 Å². The van der Waals surface area contributed by atoms with Crippen molar-refractivity contribution in [2.24, 2.45) is 0 Å². The molecule has 0 aliphatic rings. The highest BCUT2D eigenvalue weighted by atomic mass is 16.6. The van der Waals surface area contributed by atoms with E-state index in [0.717, 1.165) is 18.2 Å². The maximum absolute atomic E-state index is 12.7. The molecule has 0 aliphatic carbocycles. The largest absolute Gasteiger partial charge is 0.478 e. The Morgan fingerprint density at radius 3 is 2.46 bits per heavy atom. The van der Waals surface area contributed by atoms with Gasteiger partial charge in [-0.25, -0.2) is 4.79 Å². The van der Waals surface area contributed by atoms with E-state index < -0.39 is 22.5 Å². The number of benzene rings is 1. The van der Waals surface area contributed by atoms with Crippen molar-refractivity contribution in [2.45, 2.75) is 26.4 Å². The highest BCUT2D eigenvalue weighted by molar-refractivity contribution is 5.98. The Labute approximate surface area is 137 Å². The second-order valence-corrected chi connectivity index (χ2v) is 5.44. The predicted molar refractivity (Wildman–Crippen MR) is 83.8 cm³/mol. The van der Waals surface area contributed by atoms with Crippen molar-refractivity contribution in [1.82, 2.24) is 4.90 Å². The Kier molecular flexibility index (Phi) is 4.98. The van der Waals surface area contributed by atoms with E-state index in [1.54, 1.807) is 26.0 Å². The second-order valence-electron chi connectivity index (χ2n) is 5.44. The second kappa shape index (κ2) is 6.95. The van der Waals surface area contributed by atoms with Gasteiger partial charge in [-0.15, -0.1) is 0 Å². The molecule has 0 saturated heterocycles. The van der Waals surface area contributed by atoms with Crippen LogP contribution in [0.3, 0.4) is 0 Å². The summed E-state index contributed by atoms with van der Waals surface area (Å²) in [5, 5.41) is 20.1. The fraction of sp³-hybridized carbons (Fsp3) is 0.250. The van der Waals surface area contributed by atoms with Crippen LogP contribution in [0.4, 0.5) is 5.69 Å². The van der Waals surface area contributed by atoms with Crippen LogP contribution >= 0.6 is 0 Å². The lowest BCUT2D eigenvalue weighted by atomic mass is 10.1. The third kappa shape index (κ3) is 3.78. The highest BCUT2D eigenvalue weighted by Crippen LogP contribution is 2.21. The SMILES string of the molecule is CC(C)N(Cc1ccco1)C(=O)c1cc(C(=O)O)cc([N+](=O)[O-])c1. The fourth-order valence-corrected chi connectivity index (χ4v) is 2.19. The number of nitro groups is 1. The van der Waals surface area contributed by atoms with E-state index in [1.807, 2.05) is 0 Å². The Bertz CT molecular complexity index is 735. The molecule has 24 heavy (non-hydrogen) atoms. The summed E-state index contributed by atoms with van der Waals surface area (Å²) >= 11 is 0. The van der Waals surface area contributed by atoms with Crippen molar-refractivity contribution >= 4 is 17.6 Å². The number of carbonyl (C=O) groups excluding carboxylic acids is 1. The molecule has 0 radical (unpaired) electrons. The summed E-state index contributed by atoms with van der Waals surface area (Å²) in [6.07, 6.45) is 1.48. The molecule has 0 bridgehead atoms. The number of amides is 1. The van der Waals surface area contributed by atoms with Gasteiger partial charge in [-0.05, 0) is 32.0 Å². The number of aromatic carboxylic acids is 1. The van der Waals surface area contributed by atoms with Gasteiger partial charge >= 0.3 is 5.97 Å². The smallest absolute Gasteiger partial charge is 0.335 e. The molecule has 8 nitrogen and oxygen atoms in total. The molecule has 1 N–H and O–H groups in total. The molecule has 0 aliphatic heterocycles. The van der Waals surface area contributed by atoms with Crippen LogP contribution in [-0.4, -0.2) is 32.8 Å². The first-order valence-electron chi connectivity index (χ1n) is 7.15. The van der Waals surface area contributed by atoms with Gasteiger partial charge in [0.15, 0.2) is 0 Å². The van der Waals surface area contributed by atoms with Crippen molar-refractivity contribution < 1.29 is 24.0 Å². The van der Waals surface area contributed by atoms with Crippen LogP contribution in [-0.2, 0) is 6.54 Å². The van der Waals surface area contributed by atoms with Crippen molar-refractivity contribution in [3.05, 3.63) is 63.6 Å². The fourth-order valence-electron chi connectivity index (χ4n) is 2.19. The Hall–Kier alpha value is -3.16. The van der Waals surface area contributed by atoms with E-state index >= 15 is 0 Å². The third-order valence-electron chi connectivity index (χ3n) is 3.41. The third-order valence-corrected chi connectivity index (χ3v) is 3.41. The molecule has 0 fully saturated rings. The number of carboxylic acids is 1. The summed E-state index contributed by atoms with van der Waals surface area (Å²) in [6, 6.07) is 6.31. The van der Waals surface area contributed by atoms with Gasteiger partial charge in [-0.1, -0.05) is 0 Å². The van der Waals surface area contributed by atoms with E-state index in [4.69, 9.17) is 9.52 Å². The van der Waals surface area contributed by atoms with Gasteiger partial charge in [0.2, 0.25) is 0 Å². The van der Waals surface area contributed by atoms with Gasteiger partial charge in [0.05, 0.1) is 23.3 Å². The number of hydrogen-bond acceptors (Lipinski definition) is 5. The summed E-state index contributed by atoms with van der Waals surface area (Å²) < 4.78 is 5.23. The van der Waals surface area contributed by atoms with Crippen LogP contribution in [0.2, 0.25) is 0 Å². The first kappa shape index (κ1) is 17.2. The van der Waals surface area contributed by atoms with Crippen LogP contribution in [0.15, 0.2) is 41.0 Å². The average molecular weight is 332 g/mol. The lowest BCUT2D eigenvalue weighted by Crippen LogP contribution is -2.36. The maximum atomic E-state index is 12.7. The topological polar surface area (TPSA) is 114 Å². The summed E-state index contributed by atoms with van der Waals surface area (Å²) in [4.78, 5) is 35.6. The molecule has 126 valence electrons. The molecular weight excluding hydrogens is 316 g/mol. The zero-order valence-electron chi connectivity index (χ0n) is 13.1. The predicted octanol–water partition coefficient (Wildman–Crippen LogP) is 2.94. The molecule has 8 heteroatoms. The van der Waals surface area contributed by atoms with Gasteiger partial charge in [0, 0.05) is 23.7 Å². The lowest BCUT2D eigenvalue weighted by Gasteiger charge is -2.26. The van der Waals surface area contributed by atoms with Gasteiger partial charge in [0.1, 0.15) is 5.76 Å². The number of nitrogens with zero attached hydrogens (tertiary/aromatic N) is 2. The van der Waals surface area contributed by atoms with E-state index in [2.05, 4.69) is 0 Å². The van der Waals surface area contributed by atoms with E-state index in [0.29, 0.717) is 5.76 Å². The molecule has 2 rings (SSSR count). The maximum Gasteiger partial charge on any atom is 0.335 e. The van der Waals surface area contributed by atoms with Gasteiger partial charge in [-0.2, -0.15) is 0 Å². The zero-order chi connectivity index (χ0) is 17.9. The lowest BCUT2D eigenvalue weighted by molar-refractivity contribution is -0.384. The van der Waals surface area contributed by atoms with E-state index in [1.165, 1.54) is 11.2 Å². The zero-order valence-corrected chi connectivity index (χ0v) is 13.1. The van der Waals surface area contributed by atoms with Crippen molar-refractivity contribution in [3.63, 3.8) is 0 Å². The number of furan rings is 1. The number of hydrogen-bond donors (Lipinski definition) is 1. The summed E-state index contributed by atoms with van der Waals surface area (Å²) in [7, 11) is 0. The minimum atomic E-state index is -1.34. The standard InChI is InChI=1S/C16H16N2O6/c1-10(2)17(9-14-4-3-5-24-14)15(19)11-6-12(16(20)21)8-13(7-11)18(22)23/h3-8,10H,9H2,1-2H3,(H,20,21). The normalized spacial score (nSPS) is 10.6. The summed E-state index contributed by atoms with van der Waals surface area (Å²) in [6.45, 7) is 3.75. The molecule has 0 spiro atoms. The summed E-state index contributed by atoms with van der Waals surface area (Å²) in [5.74, 6) is -1.29. The van der Waals surface area contributed by atoms with E-state index in [-0.39, 0.29) is 23.7 Å². The molecule has 0 saturated carbocycles. The summed E-state index contributed by atoms with van der Waals surface area (Å²) in [5.41, 5.74) is -0.809. The quantitative estimate of drug-likeness (QED) is 0.642. The molecule has 1 heterocycles. The Balaban J connectivity index is 2.41. The van der Waals surface area contributed by atoms with Crippen molar-refractivity contribution in [1.29, 1.82) is 0 Å².